The van der Waals surface area contributed by atoms with Gasteiger partial charge in [0.05, 0.1) is 17.0 Å². The molecular formula is C38H50N4O9S. The first kappa shape index (κ1) is 40.1. The largest absolute Gasteiger partial charge is 0.454 e. The number of aliphatic hydroxyl groups is 1. The smallest absolute Gasteiger partial charge is 0.408 e. The van der Waals surface area contributed by atoms with Gasteiger partial charge in [-0.05, 0) is 47.9 Å². The number of hydrazine groups is 1. The first-order valence-electron chi connectivity index (χ1n) is 17.2. The molecule has 1 heterocycles. The van der Waals surface area contributed by atoms with Crippen LogP contribution in [0.15, 0.2) is 83.8 Å². The highest BCUT2D eigenvalue weighted by molar-refractivity contribution is 7.89. The lowest BCUT2D eigenvalue weighted by Gasteiger charge is -2.38. The van der Waals surface area contributed by atoms with E-state index in [4.69, 9.17) is 14.2 Å². The van der Waals surface area contributed by atoms with Crippen molar-refractivity contribution in [2.24, 2.45) is 11.3 Å². The van der Waals surface area contributed by atoms with E-state index in [0.717, 1.165) is 16.1 Å². The van der Waals surface area contributed by atoms with Gasteiger partial charge in [0.1, 0.15) is 12.6 Å². The van der Waals surface area contributed by atoms with E-state index in [9.17, 15) is 27.9 Å². The van der Waals surface area contributed by atoms with Crippen LogP contribution in [0.5, 0.6) is 11.5 Å². The highest BCUT2D eigenvalue weighted by atomic mass is 32.2. The van der Waals surface area contributed by atoms with Crippen LogP contribution in [0.2, 0.25) is 0 Å². The van der Waals surface area contributed by atoms with Gasteiger partial charge in [-0.15, -0.1) is 0 Å². The predicted molar refractivity (Wildman–Crippen MR) is 194 cm³/mol. The zero-order valence-electron chi connectivity index (χ0n) is 30.6. The molecule has 3 aromatic carbocycles. The Labute approximate surface area is 306 Å². The average molecular weight is 739 g/mol. The molecule has 0 fully saturated rings. The summed E-state index contributed by atoms with van der Waals surface area (Å²) in [5, 5.41) is 15.6. The van der Waals surface area contributed by atoms with Crippen LogP contribution in [-0.2, 0) is 37.4 Å². The summed E-state index contributed by atoms with van der Waals surface area (Å²) in [6.07, 6.45) is -2.26. The fourth-order valence-electron chi connectivity index (χ4n) is 5.54. The molecule has 13 nitrogen and oxygen atoms in total. The van der Waals surface area contributed by atoms with Crippen LogP contribution in [0.3, 0.4) is 0 Å². The Morgan fingerprint density at radius 1 is 0.885 bits per heavy atom. The number of hydrogen-bond acceptors (Lipinski definition) is 9. The molecule has 0 bridgehead atoms. The van der Waals surface area contributed by atoms with Gasteiger partial charge < -0.3 is 24.6 Å². The van der Waals surface area contributed by atoms with Crippen LogP contribution in [0.25, 0.3) is 0 Å². The van der Waals surface area contributed by atoms with Crippen LogP contribution < -0.4 is 20.2 Å². The molecule has 52 heavy (non-hydrogen) atoms. The second kappa shape index (κ2) is 17.7. The zero-order valence-corrected chi connectivity index (χ0v) is 31.4. The van der Waals surface area contributed by atoms with Crippen molar-refractivity contribution in [3.63, 3.8) is 0 Å². The summed E-state index contributed by atoms with van der Waals surface area (Å²) in [7, 11) is -4.18. The van der Waals surface area contributed by atoms with Crippen molar-refractivity contribution in [1.82, 2.24) is 20.1 Å². The highest BCUT2D eigenvalue weighted by Crippen LogP contribution is 2.35. The molecule has 0 radical (unpaired) electrons. The van der Waals surface area contributed by atoms with Crippen molar-refractivity contribution in [2.45, 2.75) is 84.1 Å². The monoisotopic (exact) mass is 738 g/mol. The molecule has 3 amide bonds. The number of sulfonamides is 1. The Hall–Kier alpha value is -4.66. The van der Waals surface area contributed by atoms with Crippen molar-refractivity contribution in [2.75, 3.05) is 19.9 Å². The molecular weight excluding hydrogens is 689 g/mol. The fourth-order valence-corrected chi connectivity index (χ4v) is 7.18. The molecule has 0 aliphatic carbocycles. The molecule has 4 rings (SSSR count). The third-order valence-corrected chi connectivity index (χ3v) is 9.95. The Kier molecular flexibility index (Phi) is 13.7. The summed E-state index contributed by atoms with van der Waals surface area (Å²) >= 11 is 0. The Balaban J connectivity index is 1.63. The van der Waals surface area contributed by atoms with E-state index < -0.39 is 58.1 Å². The third-order valence-electron chi connectivity index (χ3n) is 8.13. The van der Waals surface area contributed by atoms with E-state index in [-0.39, 0.29) is 43.6 Å². The molecule has 3 N–H and O–H groups in total. The topological polar surface area (TPSA) is 164 Å². The average Bonchev–Trinajstić information content (AvgIpc) is 3.56. The van der Waals surface area contributed by atoms with Gasteiger partial charge in [-0.25, -0.2) is 18.2 Å². The molecule has 0 saturated heterocycles. The molecule has 1 aliphatic rings. The number of carbonyl (C=O) groups excluding carboxylic acids is 3. The Morgan fingerprint density at radius 3 is 2.12 bits per heavy atom. The van der Waals surface area contributed by atoms with Gasteiger partial charge in [-0.2, -0.15) is 4.31 Å². The third kappa shape index (κ3) is 11.4. The molecule has 1 unspecified atom stereocenters. The first-order chi connectivity index (χ1) is 24.5. The van der Waals surface area contributed by atoms with Gasteiger partial charge in [0, 0.05) is 25.6 Å². The summed E-state index contributed by atoms with van der Waals surface area (Å²) in [6, 6.07) is 20.2. The number of nitrogens with one attached hydrogen (secondary N) is 2. The van der Waals surface area contributed by atoms with Gasteiger partial charge in [-0.1, -0.05) is 95.3 Å². The van der Waals surface area contributed by atoms with Crippen molar-refractivity contribution in [1.29, 1.82) is 0 Å². The quantitative estimate of drug-likeness (QED) is 0.189. The van der Waals surface area contributed by atoms with E-state index >= 15 is 0 Å². The van der Waals surface area contributed by atoms with Crippen LogP contribution in [-0.4, -0.2) is 78.8 Å². The van der Waals surface area contributed by atoms with Gasteiger partial charge in [-0.3, -0.25) is 15.0 Å². The molecule has 0 saturated carbocycles. The van der Waals surface area contributed by atoms with Gasteiger partial charge >= 0.3 is 6.09 Å². The van der Waals surface area contributed by atoms with Crippen molar-refractivity contribution in [3.8, 4) is 11.5 Å². The number of carbonyl (C=O) groups is 3. The summed E-state index contributed by atoms with van der Waals surface area (Å²) in [5.74, 6) is -0.656. The first-order valence-corrected chi connectivity index (χ1v) is 18.7. The number of alkyl carbamates (subject to hydrolysis) is 1. The minimum atomic E-state index is -4.18. The molecule has 0 aromatic heterocycles. The minimum absolute atomic E-state index is 0.00933. The van der Waals surface area contributed by atoms with Gasteiger partial charge in [0.2, 0.25) is 22.7 Å². The summed E-state index contributed by atoms with van der Waals surface area (Å²) in [5.41, 5.74) is 3.63. The Bertz CT molecular complexity index is 1770. The number of nitrogens with zero attached hydrogens (tertiary/aromatic N) is 2. The molecule has 1 aliphatic heterocycles. The summed E-state index contributed by atoms with van der Waals surface area (Å²) < 4.78 is 45.4. The zero-order chi connectivity index (χ0) is 38.1. The lowest BCUT2D eigenvalue weighted by molar-refractivity contribution is -0.150. The summed E-state index contributed by atoms with van der Waals surface area (Å²) in [6.45, 7) is 10.4. The van der Waals surface area contributed by atoms with Crippen LogP contribution in [0.1, 0.15) is 59.1 Å². The number of ether oxygens (including phenoxy) is 3. The number of amides is 3. The van der Waals surface area contributed by atoms with Gasteiger partial charge in [0.25, 0.3) is 5.91 Å². The van der Waals surface area contributed by atoms with Crippen molar-refractivity contribution in [3.05, 3.63) is 90.0 Å². The molecule has 0 spiro atoms. The minimum Gasteiger partial charge on any atom is -0.454 e. The molecule has 3 aromatic rings. The van der Waals surface area contributed by atoms with E-state index in [0.29, 0.717) is 11.5 Å². The number of benzene rings is 3. The van der Waals surface area contributed by atoms with Crippen LogP contribution >= 0.6 is 0 Å². The fraction of sp³-hybridized carbons (Fsp3) is 0.447. The van der Waals surface area contributed by atoms with E-state index in [1.807, 2.05) is 71.0 Å². The number of aliphatic hydroxyl groups excluding tert-OH is 1. The molecule has 282 valence electrons. The standard InChI is InChI=1S/C38H50N4O9S/c1-26(2)22-41(52(47,48)30-17-18-33-34(20-30)51-25-50-33)23-32(43)31(19-28-13-9-7-10-14-28)42(35(44)21-38(4,5)6)40-36(45)27(3)39-37(46)49-24-29-15-11-8-12-16-29/h7-18,20,26-27,31-32,43H,19,21-25H2,1-6H3,(H,39,46)(H,40,45)/t27-,31?,32+/m0/s1. The van der Waals surface area contributed by atoms with Crippen molar-refractivity contribution < 1.29 is 42.1 Å². The maximum absolute atomic E-state index is 14.1. The normalized spacial score (nSPS) is 14.4. The second-order valence-corrected chi connectivity index (χ2v) is 16.4. The highest BCUT2D eigenvalue weighted by Gasteiger charge is 2.38. The Morgan fingerprint density at radius 2 is 1.50 bits per heavy atom. The number of rotatable bonds is 15. The second-order valence-electron chi connectivity index (χ2n) is 14.5. The maximum Gasteiger partial charge on any atom is 0.408 e. The number of hydrogen-bond donors (Lipinski definition) is 3. The van der Waals surface area contributed by atoms with E-state index in [2.05, 4.69) is 10.7 Å². The number of fused-ring (bicyclic) bond motifs is 1. The molecule has 14 heteroatoms. The lowest BCUT2D eigenvalue weighted by Crippen LogP contribution is -2.61. The van der Waals surface area contributed by atoms with E-state index in [1.165, 1.54) is 29.4 Å². The van der Waals surface area contributed by atoms with Gasteiger partial charge in [0.15, 0.2) is 11.5 Å². The SMILES string of the molecule is CC(C)CN(C[C@@H](O)C(Cc1ccccc1)N(NC(=O)[C@H](C)NC(=O)OCc1ccccc1)C(=O)CC(C)(C)C)S(=O)(=O)c1ccc2c(c1)OCO2. The van der Waals surface area contributed by atoms with Crippen LogP contribution in [0.4, 0.5) is 4.79 Å². The van der Waals surface area contributed by atoms with E-state index in [1.54, 1.807) is 24.3 Å². The summed E-state index contributed by atoms with van der Waals surface area (Å²) in [4.78, 5) is 40.2. The predicted octanol–water partition coefficient (Wildman–Crippen LogP) is 4.65. The van der Waals surface area contributed by atoms with Crippen LogP contribution in [0, 0.1) is 11.3 Å². The maximum atomic E-state index is 14.1. The lowest BCUT2D eigenvalue weighted by atomic mass is 9.91. The van der Waals surface area contributed by atoms with Crippen molar-refractivity contribution >= 4 is 27.9 Å². The molecule has 3 atom stereocenters.